The zero-order chi connectivity index (χ0) is 23.0. The number of hydrogen-bond acceptors (Lipinski definition) is 5. The van der Waals surface area contributed by atoms with Gasteiger partial charge in [0.15, 0.2) is 12.4 Å². The van der Waals surface area contributed by atoms with Crippen LogP contribution in [0.1, 0.15) is 29.0 Å². The molecule has 0 saturated carbocycles. The van der Waals surface area contributed by atoms with Crippen LogP contribution in [-0.4, -0.2) is 42.5 Å². The molecule has 0 unspecified atom stereocenters. The molecular formula is C25H26FN3O4. The van der Waals surface area contributed by atoms with Crippen LogP contribution in [0, 0.1) is 5.82 Å². The molecule has 0 bridgehead atoms. The third-order valence-electron chi connectivity index (χ3n) is 5.48. The maximum atomic E-state index is 13.0. The summed E-state index contributed by atoms with van der Waals surface area (Å²) in [6, 6.07) is 16.7. The minimum absolute atomic E-state index is 0.101. The van der Waals surface area contributed by atoms with Gasteiger partial charge >= 0.3 is 0 Å². The van der Waals surface area contributed by atoms with Crippen molar-refractivity contribution in [1.82, 2.24) is 10.2 Å². The second-order valence-corrected chi connectivity index (χ2v) is 7.99. The standard InChI is InChI=1S/C25H26FN3O4/c26-19-8-6-18(7-9-19)16-29-12-10-20(11-13-29)27-24(30)17-33-22-4-1-3-21(15-22)28-25(31)23-5-2-14-32-23/h1-9,14-15,20H,10-13,16-17H2,(H,27,30)(H,28,31). The number of carbonyl (C=O) groups excluding carboxylic acids is 2. The summed E-state index contributed by atoms with van der Waals surface area (Å²) in [5.41, 5.74) is 1.62. The molecule has 2 heterocycles. The Morgan fingerprint density at radius 1 is 1.06 bits per heavy atom. The van der Waals surface area contributed by atoms with Crippen LogP contribution in [-0.2, 0) is 11.3 Å². The van der Waals surface area contributed by atoms with E-state index in [9.17, 15) is 14.0 Å². The van der Waals surface area contributed by atoms with E-state index in [-0.39, 0.29) is 36.0 Å². The Morgan fingerprint density at radius 3 is 2.58 bits per heavy atom. The third kappa shape index (κ3) is 6.66. The van der Waals surface area contributed by atoms with Crippen LogP contribution in [0.2, 0.25) is 0 Å². The number of amides is 2. The zero-order valence-corrected chi connectivity index (χ0v) is 18.1. The summed E-state index contributed by atoms with van der Waals surface area (Å²) in [6.07, 6.45) is 3.13. The number of ether oxygens (including phenoxy) is 1. The van der Waals surface area contributed by atoms with Crippen molar-refractivity contribution >= 4 is 17.5 Å². The van der Waals surface area contributed by atoms with Gasteiger partial charge < -0.3 is 19.8 Å². The van der Waals surface area contributed by atoms with Crippen molar-refractivity contribution in [1.29, 1.82) is 0 Å². The minimum atomic E-state index is -0.360. The summed E-state index contributed by atoms with van der Waals surface area (Å²) in [7, 11) is 0. The number of likely N-dealkylation sites (tertiary alicyclic amines) is 1. The summed E-state index contributed by atoms with van der Waals surface area (Å²) in [4.78, 5) is 26.7. The Labute approximate surface area is 191 Å². The van der Waals surface area contributed by atoms with Crippen molar-refractivity contribution in [3.05, 3.63) is 84.1 Å². The van der Waals surface area contributed by atoms with E-state index in [0.29, 0.717) is 11.4 Å². The van der Waals surface area contributed by atoms with E-state index >= 15 is 0 Å². The molecule has 0 atom stereocenters. The lowest BCUT2D eigenvalue weighted by Gasteiger charge is -2.32. The first-order valence-electron chi connectivity index (χ1n) is 10.9. The molecule has 0 aliphatic carbocycles. The van der Waals surface area contributed by atoms with Gasteiger partial charge in [0.25, 0.3) is 11.8 Å². The third-order valence-corrected chi connectivity index (χ3v) is 5.48. The first kappa shape index (κ1) is 22.5. The lowest BCUT2D eigenvalue weighted by atomic mass is 10.0. The molecule has 1 aliphatic heterocycles. The van der Waals surface area contributed by atoms with Crippen LogP contribution in [0.5, 0.6) is 5.75 Å². The SMILES string of the molecule is O=C(COc1cccc(NC(=O)c2ccco2)c1)NC1CCN(Cc2ccc(F)cc2)CC1. The van der Waals surface area contributed by atoms with Gasteiger partial charge in [-0.3, -0.25) is 14.5 Å². The molecule has 2 N–H and O–H groups in total. The molecule has 1 fully saturated rings. The Bertz CT molecular complexity index is 1060. The van der Waals surface area contributed by atoms with E-state index in [1.54, 1.807) is 48.5 Å². The number of piperidine rings is 1. The summed E-state index contributed by atoms with van der Waals surface area (Å²) in [5, 5.41) is 5.75. The molecule has 1 aromatic heterocycles. The highest BCUT2D eigenvalue weighted by Crippen LogP contribution is 2.19. The van der Waals surface area contributed by atoms with Crippen molar-refractivity contribution in [3.63, 3.8) is 0 Å². The van der Waals surface area contributed by atoms with E-state index in [2.05, 4.69) is 15.5 Å². The summed E-state index contributed by atoms with van der Waals surface area (Å²) < 4.78 is 23.7. The van der Waals surface area contributed by atoms with Crippen LogP contribution in [0.25, 0.3) is 0 Å². The second kappa shape index (κ2) is 10.8. The van der Waals surface area contributed by atoms with Gasteiger partial charge in [-0.1, -0.05) is 18.2 Å². The molecule has 0 spiro atoms. The number of anilines is 1. The number of nitrogens with zero attached hydrogens (tertiary/aromatic N) is 1. The Kier molecular flexibility index (Phi) is 7.36. The number of carbonyl (C=O) groups is 2. The van der Waals surface area contributed by atoms with Gasteiger partial charge in [0, 0.05) is 37.4 Å². The molecular weight excluding hydrogens is 425 g/mol. The maximum absolute atomic E-state index is 13.0. The highest BCUT2D eigenvalue weighted by atomic mass is 19.1. The number of hydrogen-bond donors (Lipinski definition) is 2. The molecule has 2 amide bonds. The number of rotatable bonds is 8. The fourth-order valence-electron chi connectivity index (χ4n) is 3.77. The number of nitrogens with one attached hydrogen (secondary N) is 2. The van der Waals surface area contributed by atoms with E-state index in [1.165, 1.54) is 18.4 Å². The average molecular weight is 451 g/mol. The van der Waals surface area contributed by atoms with Crippen LogP contribution in [0.15, 0.2) is 71.3 Å². The average Bonchev–Trinajstić information content (AvgIpc) is 3.36. The largest absolute Gasteiger partial charge is 0.484 e. The van der Waals surface area contributed by atoms with E-state index < -0.39 is 0 Å². The Hall–Kier alpha value is -3.65. The van der Waals surface area contributed by atoms with Crippen LogP contribution < -0.4 is 15.4 Å². The first-order valence-corrected chi connectivity index (χ1v) is 10.9. The molecule has 4 rings (SSSR count). The zero-order valence-electron chi connectivity index (χ0n) is 18.1. The van der Waals surface area contributed by atoms with Gasteiger partial charge in [-0.25, -0.2) is 4.39 Å². The monoisotopic (exact) mass is 451 g/mol. The number of halogens is 1. The van der Waals surface area contributed by atoms with Gasteiger partial charge in [0.2, 0.25) is 0 Å². The van der Waals surface area contributed by atoms with Crippen LogP contribution >= 0.6 is 0 Å². The fraction of sp³-hybridized carbons (Fsp3) is 0.280. The minimum Gasteiger partial charge on any atom is -0.484 e. The fourth-order valence-corrected chi connectivity index (χ4v) is 3.77. The van der Waals surface area contributed by atoms with Crippen molar-refractivity contribution in [2.45, 2.75) is 25.4 Å². The van der Waals surface area contributed by atoms with Crippen LogP contribution in [0.4, 0.5) is 10.1 Å². The van der Waals surface area contributed by atoms with Crippen LogP contribution in [0.3, 0.4) is 0 Å². The molecule has 2 aromatic carbocycles. The molecule has 7 nitrogen and oxygen atoms in total. The Balaban J connectivity index is 1.18. The molecule has 0 radical (unpaired) electrons. The van der Waals surface area contributed by atoms with Crippen molar-refractivity contribution in [2.24, 2.45) is 0 Å². The van der Waals surface area contributed by atoms with E-state index in [1.807, 2.05) is 0 Å². The van der Waals surface area contributed by atoms with Gasteiger partial charge in [-0.2, -0.15) is 0 Å². The smallest absolute Gasteiger partial charge is 0.291 e. The van der Waals surface area contributed by atoms with Gasteiger partial charge in [0.05, 0.1) is 6.26 Å². The first-order chi connectivity index (χ1) is 16.0. The predicted octanol–water partition coefficient (Wildman–Crippen LogP) is 3.83. The highest BCUT2D eigenvalue weighted by Gasteiger charge is 2.21. The van der Waals surface area contributed by atoms with Crippen molar-refractivity contribution in [3.8, 4) is 5.75 Å². The predicted molar refractivity (Wildman–Crippen MR) is 121 cm³/mol. The molecule has 1 saturated heterocycles. The normalized spacial score (nSPS) is 14.6. The molecule has 172 valence electrons. The lowest BCUT2D eigenvalue weighted by Crippen LogP contribution is -2.45. The van der Waals surface area contributed by atoms with Gasteiger partial charge in [-0.15, -0.1) is 0 Å². The van der Waals surface area contributed by atoms with Gasteiger partial charge in [-0.05, 0) is 54.8 Å². The summed E-state index contributed by atoms with van der Waals surface area (Å²) >= 11 is 0. The molecule has 3 aromatic rings. The van der Waals surface area contributed by atoms with Gasteiger partial charge in [0.1, 0.15) is 11.6 Å². The summed E-state index contributed by atoms with van der Waals surface area (Å²) in [5.74, 6) is -0.0775. The Morgan fingerprint density at radius 2 is 1.85 bits per heavy atom. The molecule has 8 heteroatoms. The topological polar surface area (TPSA) is 83.8 Å². The van der Waals surface area contributed by atoms with E-state index in [4.69, 9.17) is 9.15 Å². The lowest BCUT2D eigenvalue weighted by molar-refractivity contribution is -0.124. The number of benzene rings is 2. The number of furan rings is 1. The highest BCUT2D eigenvalue weighted by molar-refractivity contribution is 6.02. The maximum Gasteiger partial charge on any atom is 0.291 e. The quantitative estimate of drug-likeness (QED) is 0.544. The molecule has 1 aliphatic rings. The second-order valence-electron chi connectivity index (χ2n) is 7.99. The molecule has 33 heavy (non-hydrogen) atoms. The van der Waals surface area contributed by atoms with Crippen molar-refractivity contribution in [2.75, 3.05) is 25.0 Å². The van der Waals surface area contributed by atoms with Crippen molar-refractivity contribution < 1.29 is 23.1 Å². The van der Waals surface area contributed by atoms with E-state index in [0.717, 1.165) is 38.0 Å². The summed E-state index contributed by atoms with van der Waals surface area (Å²) in [6.45, 7) is 2.39.